The molecule has 0 spiro atoms. The number of alkyl halides is 3. The fourth-order valence-corrected chi connectivity index (χ4v) is 4.64. The van der Waals surface area contributed by atoms with Crippen LogP contribution in [-0.2, 0) is 10.9 Å². The molecule has 0 bridgehead atoms. The van der Waals surface area contributed by atoms with E-state index in [-0.39, 0.29) is 24.2 Å². The Morgan fingerprint density at radius 3 is 2.59 bits per heavy atom. The fourth-order valence-electron chi connectivity index (χ4n) is 4.64. The topological polar surface area (TPSA) is 47.3 Å². The third-order valence-corrected chi connectivity index (χ3v) is 6.20. The molecule has 29 heavy (non-hydrogen) atoms. The van der Waals surface area contributed by atoms with Crippen LogP contribution in [0.3, 0.4) is 0 Å². The van der Waals surface area contributed by atoms with Gasteiger partial charge in [0.2, 0.25) is 0 Å². The maximum atomic E-state index is 13.3. The second-order valence-corrected chi connectivity index (χ2v) is 8.33. The average molecular weight is 404 g/mol. The highest BCUT2D eigenvalue weighted by molar-refractivity contribution is 5.58. The van der Waals surface area contributed by atoms with E-state index >= 15 is 0 Å². The Morgan fingerprint density at radius 1 is 1.14 bits per heavy atom. The Kier molecular flexibility index (Phi) is 5.58. The predicted molar refractivity (Wildman–Crippen MR) is 107 cm³/mol. The van der Waals surface area contributed by atoms with E-state index in [2.05, 4.69) is 24.4 Å². The summed E-state index contributed by atoms with van der Waals surface area (Å²) in [6.07, 6.45) is -2.09. The van der Waals surface area contributed by atoms with Crippen molar-refractivity contribution in [2.75, 3.05) is 11.9 Å². The van der Waals surface area contributed by atoms with Gasteiger partial charge in [-0.2, -0.15) is 13.2 Å². The Hall–Kier alpha value is -2.05. The molecule has 0 saturated carbocycles. The van der Waals surface area contributed by atoms with Crippen molar-refractivity contribution in [3.63, 3.8) is 0 Å². The molecule has 1 fully saturated rings. The smallest absolute Gasteiger partial charge is 0.378 e. The number of halogens is 3. The van der Waals surface area contributed by atoms with Gasteiger partial charge in [0.05, 0.1) is 23.8 Å². The molecule has 2 aromatic carbocycles. The van der Waals surface area contributed by atoms with Crippen LogP contribution in [0.25, 0.3) is 0 Å². The predicted octanol–water partition coefficient (Wildman–Crippen LogP) is 5.69. The summed E-state index contributed by atoms with van der Waals surface area (Å²) in [5.41, 5.74) is 7.61. The zero-order valence-corrected chi connectivity index (χ0v) is 16.5. The highest BCUT2D eigenvalue weighted by Crippen LogP contribution is 2.51. The van der Waals surface area contributed by atoms with Crippen LogP contribution >= 0.6 is 0 Å². The third kappa shape index (κ3) is 4.14. The average Bonchev–Trinajstić information content (AvgIpc) is 2.72. The molecular formula is C23H27F3N2O. The van der Waals surface area contributed by atoms with E-state index in [1.165, 1.54) is 6.07 Å². The van der Waals surface area contributed by atoms with Gasteiger partial charge in [0.25, 0.3) is 0 Å². The van der Waals surface area contributed by atoms with Crippen molar-refractivity contribution in [3.8, 4) is 0 Å². The van der Waals surface area contributed by atoms with E-state index in [0.717, 1.165) is 36.6 Å². The molecule has 1 saturated heterocycles. The molecule has 2 heterocycles. The number of rotatable bonds is 4. The first kappa shape index (κ1) is 20.2. The van der Waals surface area contributed by atoms with Crippen molar-refractivity contribution in [2.24, 2.45) is 17.6 Å². The Morgan fingerprint density at radius 2 is 1.90 bits per heavy atom. The minimum Gasteiger partial charge on any atom is -0.378 e. The quantitative estimate of drug-likeness (QED) is 0.688. The van der Waals surface area contributed by atoms with Gasteiger partial charge in [-0.15, -0.1) is 0 Å². The molecule has 0 aliphatic carbocycles. The lowest BCUT2D eigenvalue weighted by Gasteiger charge is -2.46. The van der Waals surface area contributed by atoms with Gasteiger partial charge in [-0.1, -0.05) is 37.3 Å². The van der Waals surface area contributed by atoms with E-state index in [0.29, 0.717) is 18.0 Å². The summed E-state index contributed by atoms with van der Waals surface area (Å²) in [5, 5.41) is 3.49. The summed E-state index contributed by atoms with van der Waals surface area (Å²) in [6.45, 7) is 2.66. The molecule has 2 aromatic rings. The summed E-state index contributed by atoms with van der Waals surface area (Å²) in [7, 11) is 0. The van der Waals surface area contributed by atoms with Crippen LogP contribution in [0.5, 0.6) is 0 Å². The van der Waals surface area contributed by atoms with Gasteiger partial charge in [-0.3, -0.25) is 0 Å². The lowest BCUT2D eigenvalue weighted by atomic mass is 9.75. The first-order chi connectivity index (χ1) is 13.9. The van der Waals surface area contributed by atoms with Gasteiger partial charge in [0, 0.05) is 17.2 Å². The molecule has 0 amide bonds. The number of hydrogen-bond donors (Lipinski definition) is 2. The largest absolute Gasteiger partial charge is 0.416 e. The van der Waals surface area contributed by atoms with Gasteiger partial charge in [0.1, 0.15) is 0 Å². The van der Waals surface area contributed by atoms with Crippen LogP contribution in [-0.4, -0.2) is 12.6 Å². The van der Waals surface area contributed by atoms with Crippen molar-refractivity contribution < 1.29 is 17.9 Å². The van der Waals surface area contributed by atoms with Gasteiger partial charge >= 0.3 is 6.18 Å². The molecule has 2 aliphatic heterocycles. The van der Waals surface area contributed by atoms with Crippen molar-refractivity contribution >= 4 is 5.69 Å². The van der Waals surface area contributed by atoms with Crippen LogP contribution in [0.2, 0.25) is 0 Å². The second kappa shape index (κ2) is 8.00. The molecule has 4 rings (SSSR count). The molecule has 3 nitrogen and oxygen atoms in total. The number of nitrogens with two attached hydrogens (primary N) is 1. The van der Waals surface area contributed by atoms with E-state index in [9.17, 15) is 13.2 Å². The Bertz CT molecular complexity index is 840. The van der Waals surface area contributed by atoms with E-state index in [1.54, 1.807) is 6.07 Å². The molecule has 5 atom stereocenters. The van der Waals surface area contributed by atoms with Crippen LogP contribution in [0, 0.1) is 11.8 Å². The zero-order chi connectivity index (χ0) is 20.6. The van der Waals surface area contributed by atoms with Gasteiger partial charge in [-0.25, -0.2) is 0 Å². The summed E-state index contributed by atoms with van der Waals surface area (Å²) in [6, 6.07) is 14.0. The number of nitrogens with one attached hydrogen (secondary N) is 1. The van der Waals surface area contributed by atoms with Crippen molar-refractivity contribution in [3.05, 3.63) is 65.2 Å². The molecule has 2 aliphatic rings. The fraction of sp³-hybridized carbons (Fsp3) is 0.478. The van der Waals surface area contributed by atoms with Crippen LogP contribution in [0.15, 0.2) is 48.5 Å². The number of ether oxygens (including phenoxy) is 1. The number of benzene rings is 2. The molecule has 0 radical (unpaired) electrons. The van der Waals surface area contributed by atoms with Gasteiger partial charge in [0.15, 0.2) is 0 Å². The molecule has 0 aromatic heterocycles. The number of anilines is 1. The van der Waals surface area contributed by atoms with Crippen molar-refractivity contribution in [1.82, 2.24) is 0 Å². The molecule has 3 N–H and O–H groups in total. The third-order valence-electron chi connectivity index (χ3n) is 6.20. The van der Waals surface area contributed by atoms with Crippen LogP contribution in [0.1, 0.15) is 55.0 Å². The minimum atomic E-state index is -4.37. The number of fused-ring (bicyclic) bond motifs is 3. The molecule has 2 unspecified atom stereocenters. The first-order valence-electron chi connectivity index (χ1n) is 10.2. The maximum absolute atomic E-state index is 13.3. The van der Waals surface area contributed by atoms with Gasteiger partial charge < -0.3 is 15.8 Å². The standard InChI is InChI=1S/C23H27F3N2O/c1-14(13-27)11-17-8-9-18-21(15-5-3-2-4-6-15)28-20-10-7-16(23(24,25)26)12-19(20)22(18)29-17/h2-7,10,12,14,17-18,21-22,28H,8-9,11,13,27H2,1H3/t14?,17-,18+,21+,22?/m1/s1. The lowest BCUT2D eigenvalue weighted by molar-refractivity contribution is -0.138. The SMILES string of the molecule is CC(CN)C[C@H]1CC[C@@H]2C(O1)c1cc(C(F)(F)F)ccc1N[C@H]2c1ccccc1. The second-order valence-electron chi connectivity index (χ2n) is 8.33. The number of hydrogen-bond acceptors (Lipinski definition) is 3. The summed E-state index contributed by atoms with van der Waals surface area (Å²) < 4.78 is 46.5. The van der Waals surface area contributed by atoms with E-state index in [1.807, 2.05) is 18.2 Å². The minimum absolute atomic E-state index is 0.0123. The van der Waals surface area contributed by atoms with Crippen LogP contribution < -0.4 is 11.1 Å². The van der Waals surface area contributed by atoms with Crippen molar-refractivity contribution in [1.29, 1.82) is 0 Å². The molecule has 156 valence electrons. The normalized spacial score (nSPS) is 27.5. The van der Waals surface area contributed by atoms with Crippen molar-refractivity contribution in [2.45, 2.75) is 50.6 Å². The van der Waals surface area contributed by atoms with E-state index in [4.69, 9.17) is 10.5 Å². The van der Waals surface area contributed by atoms with Crippen LogP contribution in [0.4, 0.5) is 18.9 Å². The zero-order valence-electron chi connectivity index (χ0n) is 16.5. The van der Waals surface area contributed by atoms with E-state index < -0.39 is 11.7 Å². The molecular weight excluding hydrogens is 377 g/mol. The molecule has 6 heteroatoms. The summed E-state index contributed by atoms with van der Waals surface area (Å²) in [5.74, 6) is 0.405. The highest BCUT2D eigenvalue weighted by atomic mass is 19.4. The first-order valence-corrected chi connectivity index (χ1v) is 10.2. The lowest BCUT2D eigenvalue weighted by Crippen LogP contribution is -2.39. The summed E-state index contributed by atoms with van der Waals surface area (Å²) >= 11 is 0. The summed E-state index contributed by atoms with van der Waals surface area (Å²) in [4.78, 5) is 0. The van der Waals surface area contributed by atoms with Gasteiger partial charge in [-0.05, 0) is 55.5 Å². The highest BCUT2D eigenvalue weighted by Gasteiger charge is 2.43. The Labute approximate surface area is 169 Å². The maximum Gasteiger partial charge on any atom is 0.416 e. The Balaban J connectivity index is 1.71. The monoisotopic (exact) mass is 404 g/mol.